The first kappa shape index (κ1) is 26.9. The van der Waals surface area contributed by atoms with E-state index in [1.807, 2.05) is 66.7 Å². The van der Waals surface area contributed by atoms with E-state index in [1.165, 1.54) is 0 Å². The third-order valence-electron chi connectivity index (χ3n) is 7.54. The summed E-state index contributed by atoms with van der Waals surface area (Å²) in [6.07, 6.45) is 0. The predicted molar refractivity (Wildman–Crippen MR) is 165 cm³/mol. The Hall–Kier alpha value is -7.67. The Kier molecular flexibility index (Phi) is 6.01. The maximum atomic E-state index is 9.28. The smallest absolute Gasteiger partial charge is 0.182 e. The highest BCUT2D eigenvalue weighted by Crippen LogP contribution is 2.32. The van der Waals surface area contributed by atoms with E-state index in [9.17, 15) is 21.0 Å². The average molecular weight is 604 g/mol. The number of para-hydroxylation sites is 1. The molecule has 2 aliphatic rings. The highest BCUT2D eigenvalue weighted by atomic mass is 16.3. The van der Waals surface area contributed by atoms with Crippen molar-refractivity contribution in [2.45, 2.75) is 0 Å². The van der Waals surface area contributed by atoms with Crippen LogP contribution in [0, 0.1) is 45.3 Å². The Morgan fingerprint density at radius 3 is 1.45 bits per heavy atom. The van der Waals surface area contributed by atoms with Crippen molar-refractivity contribution in [3.8, 4) is 58.4 Å². The van der Waals surface area contributed by atoms with Gasteiger partial charge < -0.3 is 4.42 Å². The van der Waals surface area contributed by atoms with Gasteiger partial charge in [-0.25, -0.2) is 34.9 Å². The molecule has 12 heteroatoms. The zero-order valence-electron chi connectivity index (χ0n) is 23.8. The molecule has 0 unspecified atom stereocenters. The van der Waals surface area contributed by atoms with Crippen molar-refractivity contribution >= 4 is 21.9 Å². The summed E-state index contributed by atoms with van der Waals surface area (Å²) in [5, 5.41) is 41.0. The molecule has 4 aromatic carbocycles. The summed E-state index contributed by atoms with van der Waals surface area (Å²) in [7, 11) is 0. The van der Waals surface area contributed by atoms with Crippen LogP contribution in [0.15, 0.2) is 126 Å². The molecule has 0 saturated carbocycles. The van der Waals surface area contributed by atoms with Gasteiger partial charge in [0, 0.05) is 27.5 Å². The molecule has 0 spiro atoms. The lowest BCUT2D eigenvalue weighted by Crippen LogP contribution is -2.21. The second kappa shape index (κ2) is 10.5. The van der Waals surface area contributed by atoms with Crippen molar-refractivity contribution in [1.29, 1.82) is 21.0 Å². The van der Waals surface area contributed by atoms with Crippen molar-refractivity contribution in [2.24, 2.45) is 20.0 Å². The van der Waals surface area contributed by atoms with Gasteiger partial charge in [-0.15, -0.1) is 0 Å². The second-order valence-corrected chi connectivity index (χ2v) is 10.3. The number of nitriles is 4. The molecular formula is C35H13N11O. The fourth-order valence-corrected chi connectivity index (χ4v) is 5.30. The van der Waals surface area contributed by atoms with Crippen molar-refractivity contribution in [3.63, 3.8) is 0 Å². The Morgan fingerprint density at radius 2 is 0.915 bits per heavy atom. The molecular weight excluding hydrogens is 590 g/mol. The Morgan fingerprint density at radius 1 is 0.468 bits per heavy atom. The third-order valence-corrected chi connectivity index (χ3v) is 7.54. The molecule has 8 rings (SSSR count). The van der Waals surface area contributed by atoms with E-state index in [-0.39, 0.29) is 22.8 Å². The first-order chi connectivity index (χ1) is 23.0. The lowest BCUT2D eigenvalue weighted by atomic mass is 10.1. The normalized spacial score (nSPS) is 12.3. The standard InChI is InChI=1S/C35H13N11O/c36-14-21(15-37)34-40-25-9-6-18(11-27(25)42-34)31-44-32(19-7-10-26-28(12-19)43-35(41-26)22(16-38)17-39)46-33(45-31)20-5-8-24-23-3-1-2-4-29(23)47-30(24)13-20/h1-13H. The van der Waals surface area contributed by atoms with Gasteiger partial charge in [-0.05, 0) is 54.6 Å². The number of aromatic nitrogens is 3. The number of allylic oxidation sites excluding steroid dienone is 2. The van der Waals surface area contributed by atoms with Crippen LogP contribution in [-0.2, 0) is 0 Å². The fraction of sp³-hybridized carbons (Fsp3) is 0. The highest BCUT2D eigenvalue weighted by Gasteiger charge is 2.17. The minimum atomic E-state index is -0.183. The van der Waals surface area contributed by atoms with Crippen LogP contribution in [0.1, 0.15) is 0 Å². The van der Waals surface area contributed by atoms with Gasteiger partial charge >= 0.3 is 0 Å². The number of benzene rings is 4. The first-order valence-corrected chi connectivity index (χ1v) is 14.0. The Balaban J connectivity index is 1.32. The van der Waals surface area contributed by atoms with E-state index in [4.69, 9.17) is 19.4 Å². The quantitative estimate of drug-likeness (QED) is 0.272. The lowest BCUT2D eigenvalue weighted by molar-refractivity contribution is 0.669. The van der Waals surface area contributed by atoms with Gasteiger partial charge in [0.2, 0.25) is 0 Å². The molecule has 2 aromatic heterocycles. The molecule has 2 aliphatic heterocycles. The van der Waals surface area contributed by atoms with E-state index in [1.54, 1.807) is 36.4 Å². The second-order valence-electron chi connectivity index (χ2n) is 10.3. The predicted octanol–water partition coefficient (Wildman–Crippen LogP) is 3.80. The molecule has 0 amide bonds. The topological polar surface area (TPSA) is 196 Å². The summed E-state index contributed by atoms with van der Waals surface area (Å²) in [5.41, 5.74) is 2.98. The number of hydrogen-bond acceptors (Lipinski definition) is 12. The van der Waals surface area contributed by atoms with Crippen LogP contribution in [0.5, 0.6) is 0 Å². The summed E-state index contributed by atoms with van der Waals surface area (Å²) < 4.78 is 6.12. The van der Waals surface area contributed by atoms with Crippen molar-refractivity contribution in [1.82, 2.24) is 15.0 Å². The van der Waals surface area contributed by atoms with Crippen LogP contribution >= 0.6 is 0 Å². The average Bonchev–Trinajstić information content (AvgIpc) is 3.83. The van der Waals surface area contributed by atoms with E-state index in [0.29, 0.717) is 61.2 Å². The monoisotopic (exact) mass is 603 g/mol. The van der Waals surface area contributed by atoms with Crippen LogP contribution in [0.25, 0.3) is 56.1 Å². The van der Waals surface area contributed by atoms with Gasteiger partial charge in [0.1, 0.15) is 35.4 Å². The minimum Gasteiger partial charge on any atom is -0.456 e. The summed E-state index contributed by atoms with van der Waals surface area (Å²) in [4.78, 5) is 31.8. The van der Waals surface area contributed by atoms with E-state index in [2.05, 4.69) is 20.0 Å². The molecule has 0 aliphatic carbocycles. The fourth-order valence-electron chi connectivity index (χ4n) is 5.30. The maximum absolute atomic E-state index is 9.28. The van der Waals surface area contributed by atoms with Crippen molar-refractivity contribution in [3.05, 3.63) is 123 Å². The van der Waals surface area contributed by atoms with E-state index in [0.717, 1.165) is 16.4 Å². The third kappa shape index (κ3) is 4.47. The highest BCUT2D eigenvalue weighted by molar-refractivity contribution is 6.05. The largest absolute Gasteiger partial charge is 0.456 e. The molecule has 0 N–H and O–H groups in total. The van der Waals surface area contributed by atoms with Crippen molar-refractivity contribution in [2.75, 3.05) is 0 Å². The summed E-state index contributed by atoms with van der Waals surface area (Å²) in [6.45, 7) is 0. The number of nitrogens with zero attached hydrogens (tertiary/aromatic N) is 11. The molecule has 12 nitrogen and oxygen atoms in total. The Bertz CT molecular complexity index is 2740. The zero-order chi connectivity index (χ0) is 32.1. The molecule has 47 heavy (non-hydrogen) atoms. The molecule has 0 radical (unpaired) electrons. The molecule has 0 bridgehead atoms. The zero-order valence-corrected chi connectivity index (χ0v) is 23.8. The molecule has 214 valence electrons. The van der Waals surface area contributed by atoms with Gasteiger partial charge in [-0.2, -0.15) is 21.0 Å². The minimum absolute atomic E-state index is 0.0509. The number of rotatable bonds is 3. The lowest BCUT2D eigenvalue weighted by Gasteiger charge is -2.08. The van der Waals surface area contributed by atoms with Crippen molar-refractivity contribution < 1.29 is 4.42 Å². The van der Waals surface area contributed by atoms with Crippen LogP contribution < -0.4 is 21.4 Å². The Labute approximate surface area is 263 Å². The van der Waals surface area contributed by atoms with Gasteiger partial charge in [0.15, 0.2) is 40.3 Å². The molecule has 0 atom stereocenters. The first-order valence-electron chi connectivity index (χ1n) is 14.0. The van der Waals surface area contributed by atoms with Gasteiger partial charge in [0.05, 0.1) is 21.4 Å². The number of furan rings is 1. The van der Waals surface area contributed by atoms with E-state index < -0.39 is 0 Å². The molecule has 4 heterocycles. The van der Waals surface area contributed by atoms with Crippen LogP contribution in [-0.4, -0.2) is 15.0 Å². The number of fused-ring (bicyclic) bond motifs is 5. The SMILES string of the molecule is N#CC(C#N)=C1N=c2ccc(-c3nc(-c4ccc5c(c4)=NC(=C(C#N)C#N)N=5)nc(-c4ccc5c(c4)oc4ccccc45)n3)cc2=N1. The summed E-state index contributed by atoms with van der Waals surface area (Å²) in [6, 6.07) is 31.4. The summed E-state index contributed by atoms with van der Waals surface area (Å²) >= 11 is 0. The molecule has 0 fully saturated rings. The maximum Gasteiger partial charge on any atom is 0.182 e. The van der Waals surface area contributed by atoms with Gasteiger partial charge in [0.25, 0.3) is 0 Å². The van der Waals surface area contributed by atoms with Crippen LogP contribution in [0.2, 0.25) is 0 Å². The number of hydrogen-bond donors (Lipinski definition) is 0. The van der Waals surface area contributed by atoms with E-state index >= 15 is 0 Å². The van der Waals surface area contributed by atoms with Crippen LogP contribution in [0.3, 0.4) is 0 Å². The molecule has 6 aromatic rings. The van der Waals surface area contributed by atoms with Gasteiger partial charge in [-0.1, -0.05) is 24.3 Å². The van der Waals surface area contributed by atoms with Crippen LogP contribution in [0.4, 0.5) is 0 Å². The summed E-state index contributed by atoms with van der Waals surface area (Å²) in [5.74, 6) is 1.16. The van der Waals surface area contributed by atoms with Gasteiger partial charge in [-0.3, -0.25) is 0 Å². The molecule has 0 saturated heterocycles.